The van der Waals surface area contributed by atoms with Crippen LogP contribution in [0, 0.1) is 0 Å². The Balaban J connectivity index is 3.01. The minimum absolute atomic E-state index is 0.147. The molecule has 0 radical (unpaired) electrons. The van der Waals surface area contributed by atoms with Gasteiger partial charge < -0.3 is 0 Å². The first kappa shape index (κ1) is 8.98. The van der Waals surface area contributed by atoms with E-state index in [-0.39, 0.29) is 6.42 Å². The molecule has 7 heteroatoms. The van der Waals surface area contributed by atoms with Gasteiger partial charge in [-0.15, -0.1) is 0 Å². The molecule has 12 heavy (non-hydrogen) atoms. The first-order valence-electron chi connectivity index (χ1n) is 3.34. The molecule has 1 heterocycles. The van der Waals surface area contributed by atoms with Crippen LogP contribution in [0.1, 0.15) is 13.3 Å². The summed E-state index contributed by atoms with van der Waals surface area (Å²) in [4.78, 5) is 21.4. The third-order valence-electron chi connectivity index (χ3n) is 1.51. The lowest BCUT2D eigenvalue weighted by Gasteiger charge is -2.20. The smallest absolute Gasteiger partial charge is 0.276 e. The molecule has 0 aromatic carbocycles. The molecule has 3 amide bonds. The minimum Gasteiger partial charge on any atom is -0.276 e. The average Bonchev–Trinajstić information content (AvgIpc) is 1.82. The van der Waals surface area contributed by atoms with E-state index in [9.17, 15) is 18.0 Å². The molecule has 0 aromatic heterocycles. The van der Waals surface area contributed by atoms with Crippen molar-refractivity contribution in [3.05, 3.63) is 0 Å². The Morgan fingerprint density at radius 3 is 2.42 bits per heavy atom. The number of urea groups is 1. The van der Waals surface area contributed by atoms with Gasteiger partial charge in [0.05, 0.1) is 0 Å². The second-order valence-corrected chi connectivity index (χ2v) is 4.23. The summed E-state index contributed by atoms with van der Waals surface area (Å²) >= 11 is 0. The quantitative estimate of drug-likeness (QED) is 0.553. The van der Waals surface area contributed by atoms with Gasteiger partial charge >= 0.3 is 6.03 Å². The molecule has 0 bridgehead atoms. The molecule has 1 rings (SSSR count). The zero-order chi connectivity index (χ0) is 9.35. The molecule has 1 unspecified atom stereocenters. The molecule has 0 saturated carbocycles. The fraction of sp³-hybridized carbons (Fsp3) is 0.600. The highest BCUT2D eigenvalue weighted by atomic mass is 32.2. The molecule has 1 atom stereocenters. The maximum absolute atomic E-state index is 11.0. The lowest BCUT2D eigenvalue weighted by atomic mass is 10.3. The number of imide groups is 1. The predicted molar refractivity (Wildman–Crippen MR) is 39.7 cm³/mol. The first-order valence-corrected chi connectivity index (χ1v) is 4.88. The van der Waals surface area contributed by atoms with Gasteiger partial charge in [0, 0.05) is 0 Å². The van der Waals surface area contributed by atoms with Gasteiger partial charge in [-0.1, -0.05) is 6.92 Å². The molecule has 1 saturated heterocycles. The first-order chi connectivity index (χ1) is 5.47. The fourth-order valence-electron chi connectivity index (χ4n) is 0.964. The molecule has 0 spiro atoms. The summed E-state index contributed by atoms with van der Waals surface area (Å²) in [5.74, 6) is -0.763. The predicted octanol–water partition coefficient (Wildman–Crippen LogP) is -1.07. The third-order valence-corrected chi connectivity index (χ3v) is 3.28. The van der Waals surface area contributed by atoms with Crippen molar-refractivity contribution in [3.8, 4) is 0 Å². The van der Waals surface area contributed by atoms with Gasteiger partial charge in [0.1, 0.15) is 0 Å². The van der Waals surface area contributed by atoms with Crippen molar-refractivity contribution < 1.29 is 18.0 Å². The van der Waals surface area contributed by atoms with Crippen LogP contribution in [0.4, 0.5) is 4.79 Å². The van der Waals surface area contributed by atoms with Gasteiger partial charge in [0.25, 0.3) is 0 Å². The van der Waals surface area contributed by atoms with Crippen molar-refractivity contribution in [2.45, 2.75) is 18.6 Å². The lowest BCUT2D eigenvalue weighted by Crippen LogP contribution is -2.57. The second kappa shape index (κ2) is 2.74. The Bertz CT molecular complexity index is 320. The van der Waals surface area contributed by atoms with Crippen LogP contribution in [-0.2, 0) is 14.8 Å². The zero-order valence-corrected chi connectivity index (χ0v) is 7.14. The van der Waals surface area contributed by atoms with Crippen LogP contribution in [0.15, 0.2) is 0 Å². The lowest BCUT2D eigenvalue weighted by molar-refractivity contribution is -0.119. The standard InChI is InChI=1S/C5H8N2O4S/c1-2-3-4(8)6-5(9)7-12(3,10)11/h3H,2H2,1H3,(H2,6,7,8,9). The largest absolute Gasteiger partial charge is 0.335 e. The summed E-state index contributed by atoms with van der Waals surface area (Å²) in [6, 6.07) is -0.982. The number of hydrogen-bond acceptors (Lipinski definition) is 4. The molecule has 68 valence electrons. The van der Waals surface area contributed by atoms with Gasteiger partial charge in [0.2, 0.25) is 15.9 Å². The molecule has 1 fully saturated rings. The fourth-order valence-corrected chi connectivity index (χ4v) is 2.20. The number of sulfonamides is 1. The van der Waals surface area contributed by atoms with E-state index >= 15 is 0 Å². The highest BCUT2D eigenvalue weighted by molar-refractivity contribution is 7.91. The van der Waals surface area contributed by atoms with Crippen molar-refractivity contribution >= 4 is 22.0 Å². The van der Waals surface area contributed by atoms with Crippen LogP contribution in [-0.4, -0.2) is 25.6 Å². The summed E-state index contributed by atoms with van der Waals surface area (Å²) in [7, 11) is -3.78. The number of rotatable bonds is 1. The molecular formula is C5H8N2O4S. The van der Waals surface area contributed by atoms with E-state index in [4.69, 9.17) is 0 Å². The zero-order valence-electron chi connectivity index (χ0n) is 6.33. The van der Waals surface area contributed by atoms with Gasteiger partial charge in [-0.3, -0.25) is 10.1 Å². The average molecular weight is 192 g/mol. The van der Waals surface area contributed by atoms with Crippen LogP contribution < -0.4 is 10.0 Å². The molecule has 1 aliphatic heterocycles. The third kappa shape index (κ3) is 1.40. The summed E-state index contributed by atoms with van der Waals surface area (Å²) in [6.07, 6.45) is 0.147. The maximum Gasteiger partial charge on any atom is 0.335 e. The van der Waals surface area contributed by atoms with Crippen molar-refractivity contribution in [3.63, 3.8) is 0 Å². The van der Waals surface area contributed by atoms with Gasteiger partial charge in [-0.05, 0) is 6.42 Å². The van der Waals surface area contributed by atoms with Crippen LogP contribution in [0.5, 0.6) is 0 Å². The van der Waals surface area contributed by atoms with Gasteiger partial charge in [-0.25, -0.2) is 17.9 Å². The van der Waals surface area contributed by atoms with Crippen molar-refractivity contribution in [1.29, 1.82) is 0 Å². The molecule has 0 aromatic rings. The molecule has 1 aliphatic rings. The van der Waals surface area contributed by atoms with Gasteiger partial charge in [-0.2, -0.15) is 0 Å². The Kier molecular flexibility index (Phi) is 2.05. The van der Waals surface area contributed by atoms with E-state index in [1.807, 2.05) is 5.32 Å². The topological polar surface area (TPSA) is 92.3 Å². The Hall–Kier alpha value is -1.11. The van der Waals surface area contributed by atoms with Crippen LogP contribution in [0.25, 0.3) is 0 Å². The van der Waals surface area contributed by atoms with Gasteiger partial charge in [0.15, 0.2) is 5.25 Å². The molecule has 2 N–H and O–H groups in total. The van der Waals surface area contributed by atoms with E-state index in [0.29, 0.717) is 0 Å². The SMILES string of the molecule is CCC1C(=O)NC(=O)NS1(=O)=O. The number of carbonyl (C=O) groups excluding carboxylic acids is 2. The van der Waals surface area contributed by atoms with E-state index in [2.05, 4.69) is 0 Å². The van der Waals surface area contributed by atoms with Crippen molar-refractivity contribution in [1.82, 2.24) is 10.0 Å². The molecule has 0 aliphatic carbocycles. The van der Waals surface area contributed by atoms with Crippen LogP contribution in [0.2, 0.25) is 0 Å². The Labute approximate surface area is 69.4 Å². The number of nitrogens with one attached hydrogen (secondary N) is 2. The van der Waals surface area contributed by atoms with Crippen molar-refractivity contribution in [2.24, 2.45) is 0 Å². The number of carbonyl (C=O) groups is 2. The van der Waals surface area contributed by atoms with E-state index in [1.165, 1.54) is 0 Å². The maximum atomic E-state index is 11.0. The van der Waals surface area contributed by atoms with Crippen LogP contribution >= 0.6 is 0 Å². The van der Waals surface area contributed by atoms with E-state index < -0.39 is 27.2 Å². The summed E-state index contributed by atoms with van der Waals surface area (Å²) in [6.45, 7) is 1.55. The minimum atomic E-state index is -3.78. The molecular weight excluding hydrogens is 184 g/mol. The Morgan fingerprint density at radius 2 is 2.00 bits per heavy atom. The normalized spacial score (nSPS) is 27.6. The summed E-state index contributed by atoms with van der Waals surface area (Å²) in [5.41, 5.74) is 0. The summed E-state index contributed by atoms with van der Waals surface area (Å²) in [5, 5.41) is 0.711. The molecule has 6 nitrogen and oxygen atoms in total. The van der Waals surface area contributed by atoms with Crippen LogP contribution in [0.3, 0.4) is 0 Å². The van der Waals surface area contributed by atoms with E-state index in [1.54, 1.807) is 11.6 Å². The summed E-state index contributed by atoms with van der Waals surface area (Å²) < 4.78 is 23.8. The highest BCUT2D eigenvalue weighted by Crippen LogP contribution is 2.07. The monoisotopic (exact) mass is 192 g/mol. The highest BCUT2D eigenvalue weighted by Gasteiger charge is 2.37. The number of amides is 3. The van der Waals surface area contributed by atoms with E-state index in [0.717, 1.165) is 0 Å². The second-order valence-electron chi connectivity index (χ2n) is 2.36. The van der Waals surface area contributed by atoms with Crippen molar-refractivity contribution in [2.75, 3.05) is 0 Å². The number of hydrogen-bond donors (Lipinski definition) is 2. The Morgan fingerprint density at radius 1 is 1.42 bits per heavy atom.